The Morgan fingerprint density at radius 2 is 1.94 bits per heavy atom. The Bertz CT molecular complexity index is 418. The average Bonchev–Trinajstić information content (AvgIpc) is 2.34. The van der Waals surface area contributed by atoms with Crippen molar-refractivity contribution in [2.24, 2.45) is 5.73 Å². The van der Waals surface area contributed by atoms with Crippen LogP contribution in [0.5, 0.6) is 0 Å². The maximum atomic E-state index is 11.6. The molecule has 4 N–H and O–H groups in total. The molecule has 0 radical (unpaired) electrons. The van der Waals surface area contributed by atoms with Crippen molar-refractivity contribution >= 4 is 17.6 Å². The number of amides is 1. The van der Waals surface area contributed by atoms with E-state index in [1.807, 2.05) is 18.2 Å². The second-order valence-corrected chi connectivity index (χ2v) is 4.05. The van der Waals surface area contributed by atoms with Gasteiger partial charge < -0.3 is 16.2 Å². The topological polar surface area (TPSA) is 92.4 Å². The highest BCUT2D eigenvalue weighted by atomic mass is 16.4. The molecule has 18 heavy (non-hydrogen) atoms. The largest absolute Gasteiger partial charge is 0.481 e. The summed E-state index contributed by atoms with van der Waals surface area (Å²) < 4.78 is 0. The Morgan fingerprint density at radius 1 is 1.22 bits per heavy atom. The number of anilines is 1. The number of carbonyl (C=O) groups is 2. The van der Waals surface area contributed by atoms with Crippen LogP contribution in [-0.2, 0) is 16.1 Å². The molecule has 0 bridgehead atoms. The van der Waals surface area contributed by atoms with Crippen LogP contribution < -0.4 is 11.1 Å². The van der Waals surface area contributed by atoms with Gasteiger partial charge in [-0.3, -0.25) is 9.59 Å². The molecule has 0 fully saturated rings. The number of hydrogen-bond donors (Lipinski definition) is 3. The Balaban J connectivity index is 2.33. The molecule has 0 heterocycles. The number of nitrogens with two attached hydrogens (primary N) is 1. The molecule has 0 saturated carbocycles. The van der Waals surface area contributed by atoms with Crippen LogP contribution in [0.1, 0.15) is 31.2 Å². The van der Waals surface area contributed by atoms with Crippen molar-refractivity contribution in [1.82, 2.24) is 0 Å². The molecule has 98 valence electrons. The van der Waals surface area contributed by atoms with E-state index in [-0.39, 0.29) is 12.3 Å². The number of rotatable bonds is 7. The lowest BCUT2D eigenvalue weighted by molar-refractivity contribution is -0.137. The van der Waals surface area contributed by atoms with E-state index in [9.17, 15) is 9.59 Å². The molecule has 0 unspecified atom stereocenters. The first kappa shape index (κ1) is 14.2. The monoisotopic (exact) mass is 250 g/mol. The molecule has 1 aromatic carbocycles. The van der Waals surface area contributed by atoms with Gasteiger partial charge >= 0.3 is 5.97 Å². The van der Waals surface area contributed by atoms with Gasteiger partial charge in [0.2, 0.25) is 5.91 Å². The van der Waals surface area contributed by atoms with Crippen molar-refractivity contribution in [2.45, 2.75) is 32.2 Å². The Labute approximate surface area is 106 Å². The number of unbranched alkanes of at least 4 members (excludes halogenated alkanes) is 1. The molecule has 5 nitrogen and oxygen atoms in total. The quantitative estimate of drug-likeness (QED) is 0.642. The second kappa shape index (κ2) is 7.45. The predicted molar refractivity (Wildman–Crippen MR) is 69.1 cm³/mol. The van der Waals surface area contributed by atoms with Crippen LogP contribution >= 0.6 is 0 Å². The average molecular weight is 250 g/mol. The number of nitrogens with one attached hydrogen (secondary N) is 1. The Hall–Kier alpha value is -1.88. The maximum Gasteiger partial charge on any atom is 0.303 e. The third-order valence-electron chi connectivity index (χ3n) is 2.49. The lowest BCUT2D eigenvalue weighted by atomic mass is 10.1. The minimum atomic E-state index is -0.828. The van der Waals surface area contributed by atoms with E-state index in [0.717, 1.165) is 11.3 Å². The molecule has 0 spiro atoms. The summed E-state index contributed by atoms with van der Waals surface area (Å²) in [6, 6.07) is 7.36. The fourth-order valence-electron chi connectivity index (χ4n) is 1.56. The molecule has 0 aliphatic rings. The zero-order chi connectivity index (χ0) is 13.4. The van der Waals surface area contributed by atoms with Gasteiger partial charge in [0.05, 0.1) is 0 Å². The number of carboxylic acid groups (broad SMARTS) is 1. The number of benzene rings is 1. The standard InChI is InChI=1S/C13H18N2O3/c14-9-10-4-3-5-11(8-10)15-12(16)6-1-2-7-13(17)18/h3-5,8H,1-2,6-7,9,14H2,(H,15,16)(H,17,18). The number of hydrogen-bond acceptors (Lipinski definition) is 3. The normalized spacial score (nSPS) is 10.1. The highest BCUT2D eigenvalue weighted by molar-refractivity contribution is 5.90. The summed E-state index contributed by atoms with van der Waals surface area (Å²) in [5.41, 5.74) is 7.19. The van der Waals surface area contributed by atoms with Gasteiger partial charge in [-0.25, -0.2) is 0 Å². The van der Waals surface area contributed by atoms with Gasteiger partial charge in [0.25, 0.3) is 0 Å². The van der Waals surface area contributed by atoms with Crippen molar-refractivity contribution in [3.05, 3.63) is 29.8 Å². The summed E-state index contributed by atoms with van der Waals surface area (Å²) in [6.07, 6.45) is 1.54. The molecule has 0 atom stereocenters. The lowest BCUT2D eigenvalue weighted by Crippen LogP contribution is -2.11. The van der Waals surface area contributed by atoms with Crippen LogP contribution in [-0.4, -0.2) is 17.0 Å². The van der Waals surface area contributed by atoms with E-state index in [1.165, 1.54) is 0 Å². The van der Waals surface area contributed by atoms with Gasteiger partial charge in [0, 0.05) is 25.1 Å². The molecule has 1 rings (SSSR count). The summed E-state index contributed by atoms with van der Waals surface area (Å²) >= 11 is 0. The molecular weight excluding hydrogens is 232 g/mol. The fraction of sp³-hybridized carbons (Fsp3) is 0.385. The van der Waals surface area contributed by atoms with Gasteiger partial charge in [-0.15, -0.1) is 0 Å². The number of aliphatic carboxylic acids is 1. The van der Waals surface area contributed by atoms with Gasteiger partial charge in [-0.1, -0.05) is 12.1 Å². The first-order chi connectivity index (χ1) is 8.61. The third-order valence-corrected chi connectivity index (χ3v) is 2.49. The second-order valence-electron chi connectivity index (χ2n) is 4.05. The Morgan fingerprint density at radius 3 is 2.61 bits per heavy atom. The molecular formula is C13H18N2O3. The van der Waals surface area contributed by atoms with E-state index in [0.29, 0.717) is 25.8 Å². The number of carboxylic acids is 1. The van der Waals surface area contributed by atoms with E-state index in [1.54, 1.807) is 6.07 Å². The summed E-state index contributed by atoms with van der Waals surface area (Å²) in [5, 5.41) is 11.2. The lowest BCUT2D eigenvalue weighted by Gasteiger charge is -2.06. The highest BCUT2D eigenvalue weighted by Crippen LogP contribution is 2.11. The summed E-state index contributed by atoms with van der Waals surface area (Å²) in [7, 11) is 0. The van der Waals surface area contributed by atoms with Crippen LogP contribution in [0.25, 0.3) is 0 Å². The summed E-state index contributed by atoms with van der Waals surface area (Å²) in [4.78, 5) is 21.9. The van der Waals surface area contributed by atoms with Gasteiger partial charge in [-0.05, 0) is 30.5 Å². The third kappa shape index (κ3) is 5.45. The molecule has 0 aromatic heterocycles. The Kier molecular flexibility index (Phi) is 5.87. The SMILES string of the molecule is NCc1cccc(NC(=O)CCCCC(=O)O)c1. The van der Waals surface area contributed by atoms with Crippen molar-refractivity contribution in [2.75, 3.05) is 5.32 Å². The maximum absolute atomic E-state index is 11.6. The van der Waals surface area contributed by atoms with Crippen molar-refractivity contribution in [3.8, 4) is 0 Å². The van der Waals surface area contributed by atoms with Crippen LogP contribution in [0, 0.1) is 0 Å². The van der Waals surface area contributed by atoms with Gasteiger partial charge in [0.15, 0.2) is 0 Å². The fourth-order valence-corrected chi connectivity index (χ4v) is 1.56. The highest BCUT2D eigenvalue weighted by Gasteiger charge is 2.04. The van der Waals surface area contributed by atoms with E-state index in [4.69, 9.17) is 10.8 Å². The zero-order valence-electron chi connectivity index (χ0n) is 10.2. The van der Waals surface area contributed by atoms with Crippen LogP contribution in [0.3, 0.4) is 0 Å². The van der Waals surface area contributed by atoms with Crippen molar-refractivity contribution in [1.29, 1.82) is 0 Å². The zero-order valence-corrected chi connectivity index (χ0v) is 10.2. The molecule has 0 saturated heterocycles. The van der Waals surface area contributed by atoms with Gasteiger partial charge in [-0.2, -0.15) is 0 Å². The molecule has 0 aliphatic heterocycles. The molecule has 5 heteroatoms. The smallest absolute Gasteiger partial charge is 0.303 e. The van der Waals surface area contributed by atoms with Crippen molar-refractivity contribution < 1.29 is 14.7 Å². The molecule has 0 aliphatic carbocycles. The van der Waals surface area contributed by atoms with Crippen molar-refractivity contribution in [3.63, 3.8) is 0 Å². The first-order valence-electron chi connectivity index (χ1n) is 5.92. The number of carbonyl (C=O) groups excluding carboxylic acids is 1. The molecule has 1 amide bonds. The predicted octanol–water partition coefficient (Wildman–Crippen LogP) is 1.73. The van der Waals surface area contributed by atoms with Crippen LogP contribution in [0.15, 0.2) is 24.3 Å². The van der Waals surface area contributed by atoms with Crippen LogP contribution in [0.4, 0.5) is 5.69 Å². The minimum absolute atomic E-state index is 0.102. The summed E-state index contributed by atoms with van der Waals surface area (Å²) in [5.74, 6) is -0.930. The minimum Gasteiger partial charge on any atom is -0.481 e. The summed E-state index contributed by atoms with van der Waals surface area (Å²) in [6.45, 7) is 0.433. The van der Waals surface area contributed by atoms with E-state index in [2.05, 4.69) is 5.32 Å². The van der Waals surface area contributed by atoms with E-state index >= 15 is 0 Å². The molecule has 1 aromatic rings. The van der Waals surface area contributed by atoms with E-state index < -0.39 is 5.97 Å². The van der Waals surface area contributed by atoms with Crippen LogP contribution in [0.2, 0.25) is 0 Å². The van der Waals surface area contributed by atoms with Gasteiger partial charge in [0.1, 0.15) is 0 Å². The first-order valence-corrected chi connectivity index (χ1v) is 5.92.